The van der Waals surface area contributed by atoms with E-state index in [4.69, 9.17) is 11.6 Å². The van der Waals surface area contributed by atoms with Crippen LogP contribution in [0.2, 0.25) is 5.02 Å². The molecule has 0 aliphatic rings. The molecule has 0 radical (unpaired) electrons. The molecule has 5 heteroatoms. The lowest BCUT2D eigenvalue weighted by Gasteiger charge is -2.31. The number of nitrogens with one attached hydrogen (secondary N) is 1. The zero-order valence-electron chi connectivity index (χ0n) is 20.0. The minimum atomic E-state index is -0.604. The van der Waals surface area contributed by atoms with E-state index in [1.54, 1.807) is 4.90 Å². The normalized spacial score (nSPS) is 11.6. The van der Waals surface area contributed by atoms with E-state index in [2.05, 4.69) is 36.5 Å². The van der Waals surface area contributed by atoms with Crippen molar-refractivity contribution < 1.29 is 9.59 Å². The van der Waals surface area contributed by atoms with Gasteiger partial charge in [0.15, 0.2) is 0 Å². The van der Waals surface area contributed by atoms with Crippen LogP contribution in [0.25, 0.3) is 0 Å². The van der Waals surface area contributed by atoms with Crippen molar-refractivity contribution in [1.29, 1.82) is 0 Å². The predicted octanol–water partition coefficient (Wildman–Crippen LogP) is 5.61. The number of nitrogens with zero attached hydrogens (tertiary/aromatic N) is 1. The molecule has 0 saturated carbocycles. The highest BCUT2D eigenvalue weighted by Crippen LogP contribution is 2.18. The van der Waals surface area contributed by atoms with Crippen LogP contribution in [0.1, 0.15) is 42.5 Å². The molecule has 2 amide bonds. The molecule has 0 heterocycles. The van der Waals surface area contributed by atoms with Crippen LogP contribution < -0.4 is 5.32 Å². The molecule has 0 bridgehead atoms. The van der Waals surface area contributed by atoms with Gasteiger partial charge in [-0.15, -0.1) is 0 Å². The Morgan fingerprint density at radius 3 is 2.06 bits per heavy atom. The minimum Gasteiger partial charge on any atom is -0.355 e. The molecule has 3 aromatic carbocycles. The maximum absolute atomic E-state index is 13.6. The summed E-state index contributed by atoms with van der Waals surface area (Å²) in [7, 11) is 0. The molecule has 178 valence electrons. The molecule has 0 saturated heterocycles. The van der Waals surface area contributed by atoms with Gasteiger partial charge in [0.1, 0.15) is 6.04 Å². The van der Waals surface area contributed by atoms with Crippen molar-refractivity contribution in [3.05, 3.63) is 106 Å². The number of hydrogen-bond acceptors (Lipinski definition) is 2. The minimum absolute atomic E-state index is 0.0401. The van der Waals surface area contributed by atoms with Gasteiger partial charge in [-0.2, -0.15) is 0 Å². The van der Waals surface area contributed by atoms with E-state index in [0.717, 1.165) is 23.1 Å². The number of aryl methyl sites for hydroxylation is 2. The summed E-state index contributed by atoms with van der Waals surface area (Å²) < 4.78 is 0. The largest absolute Gasteiger partial charge is 0.355 e. The topological polar surface area (TPSA) is 49.4 Å². The van der Waals surface area contributed by atoms with Gasteiger partial charge in [-0.25, -0.2) is 0 Å². The molecule has 3 rings (SSSR count). The van der Waals surface area contributed by atoms with Gasteiger partial charge in [0.05, 0.1) is 0 Å². The molecule has 0 fully saturated rings. The fourth-order valence-corrected chi connectivity index (χ4v) is 4.10. The number of halogens is 1. The van der Waals surface area contributed by atoms with Crippen molar-refractivity contribution in [2.75, 3.05) is 6.54 Å². The highest BCUT2D eigenvalue weighted by Gasteiger charge is 2.29. The molecular weight excluding hydrogens is 444 g/mol. The molecule has 3 aromatic rings. The second-order valence-electron chi connectivity index (χ2n) is 8.42. The Morgan fingerprint density at radius 1 is 0.824 bits per heavy atom. The van der Waals surface area contributed by atoms with Crippen molar-refractivity contribution in [2.24, 2.45) is 0 Å². The Labute approximate surface area is 207 Å². The van der Waals surface area contributed by atoms with E-state index in [1.165, 1.54) is 5.56 Å². The summed E-state index contributed by atoms with van der Waals surface area (Å²) in [5.74, 6) is -0.178. The average Bonchev–Trinajstić information content (AvgIpc) is 2.87. The van der Waals surface area contributed by atoms with E-state index >= 15 is 0 Å². The first-order valence-electron chi connectivity index (χ1n) is 11.9. The van der Waals surface area contributed by atoms with Gasteiger partial charge in [0, 0.05) is 31.0 Å². The Kier molecular flexibility index (Phi) is 9.72. The molecule has 34 heavy (non-hydrogen) atoms. The number of rotatable bonds is 11. The molecule has 0 spiro atoms. The number of amides is 2. The summed E-state index contributed by atoms with van der Waals surface area (Å²) >= 11 is 6.07. The molecule has 0 aromatic heterocycles. The maximum Gasteiger partial charge on any atom is 0.243 e. The lowest BCUT2D eigenvalue weighted by molar-refractivity contribution is -0.141. The van der Waals surface area contributed by atoms with Gasteiger partial charge in [-0.3, -0.25) is 9.59 Å². The lowest BCUT2D eigenvalue weighted by atomic mass is 10.0. The first kappa shape index (κ1) is 25.5. The van der Waals surface area contributed by atoms with Crippen LogP contribution >= 0.6 is 11.6 Å². The van der Waals surface area contributed by atoms with Crippen LogP contribution in [0, 0.1) is 0 Å². The van der Waals surface area contributed by atoms with Gasteiger partial charge < -0.3 is 10.2 Å². The van der Waals surface area contributed by atoms with E-state index in [9.17, 15) is 9.59 Å². The smallest absolute Gasteiger partial charge is 0.243 e. The van der Waals surface area contributed by atoms with Crippen LogP contribution in [-0.4, -0.2) is 29.3 Å². The molecule has 4 nitrogen and oxygen atoms in total. The molecular formula is C29H33ClN2O2. The van der Waals surface area contributed by atoms with Gasteiger partial charge in [0.25, 0.3) is 0 Å². The van der Waals surface area contributed by atoms with Crippen LogP contribution in [0.15, 0.2) is 78.9 Å². The monoisotopic (exact) mass is 476 g/mol. The zero-order chi connectivity index (χ0) is 24.3. The Morgan fingerprint density at radius 2 is 1.44 bits per heavy atom. The number of benzene rings is 3. The lowest BCUT2D eigenvalue weighted by Crippen LogP contribution is -2.50. The van der Waals surface area contributed by atoms with E-state index in [1.807, 2.05) is 61.5 Å². The van der Waals surface area contributed by atoms with Gasteiger partial charge in [-0.05, 0) is 54.2 Å². The summed E-state index contributed by atoms with van der Waals surface area (Å²) in [5, 5.41) is 3.57. The Hall–Kier alpha value is -3.11. The summed E-state index contributed by atoms with van der Waals surface area (Å²) in [6, 6.07) is 25.1. The summed E-state index contributed by atoms with van der Waals surface area (Å²) in [5.41, 5.74) is 4.35. The third-order valence-corrected chi connectivity index (χ3v) is 6.20. The Balaban J connectivity index is 1.85. The molecule has 0 aliphatic carbocycles. The van der Waals surface area contributed by atoms with Crippen molar-refractivity contribution >= 4 is 23.4 Å². The molecule has 0 unspecified atom stereocenters. The number of carbonyl (C=O) groups excluding carboxylic acids is 2. The van der Waals surface area contributed by atoms with Gasteiger partial charge in [0.2, 0.25) is 11.8 Å². The average molecular weight is 477 g/mol. The van der Waals surface area contributed by atoms with Crippen molar-refractivity contribution in [2.45, 2.75) is 52.1 Å². The number of hydrogen-bond donors (Lipinski definition) is 1. The fraction of sp³-hybridized carbons (Fsp3) is 0.310. The first-order chi connectivity index (χ1) is 16.5. The van der Waals surface area contributed by atoms with Crippen LogP contribution in [-0.2, 0) is 35.4 Å². The van der Waals surface area contributed by atoms with E-state index in [0.29, 0.717) is 37.4 Å². The number of likely N-dealkylation sites (N-methyl/N-ethyl adjacent to an activating group) is 1. The second-order valence-corrected chi connectivity index (χ2v) is 8.85. The van der Waals surface area contributed by atoms with Crippen molar-refractivity contribution in [3.63, 3.8) is 0 Å². The highest BCUT2D eigenvalue weighted by atomic mass is 35.5. The maximum atomic E-state index is 13.6. The quantitative estimate of drug-likeness (QED) is 0.391. The summed E-state index contributed by atoms with van der Waals surface area (Å²) in [6.07, 6.45) is 2.41. The predicted molar refractivity (Wildman–Crippen MR) is 139 cm³/mol. The van der Waals surface area contributed by atoms with Crippen molar-refractivity contribution in [1.82, 2.24) is 10.2 Å². The van der Waals surface area contributed by atoms with Gasteiger partial charge in [-0.1, -0.05) is 85.3 Å². The molecule has 1 N–H and O–H groups in total. The third kappa shape index (κ3) is 7.46. The van der Waals surface area contributed by atoms with Crippen molar-refractivity contribution in [3.8, 4) is 0 Å². The highest BCUT2D eigenvalue weighted by molar-refractivity contribution is 6.30. The number of carbonyl (C=O) groups is 2. The zero-order valence-corrected chi connectivity index (χ0v) is 20.7. The third-order valence-electron chi connectivity index (χ3n) is 5.95. The second kappa shape index (κ2) is 13.0. The van der Waals surface area contributed by atoms with E-state index < -0.39 is 6.04 Å². The molecule has 0 aliphatic heterocycles. The fourth-order valence-electron chi connectivity index (χ4n) is 3.97. The van der Waals surface area contributed by atoms with Crippen LogP contribution in [0.4, 0.5) is 0 Å². The Bertz CT molecular complexity index is 1050. The SMILES string of the molecule is CCNC(=O)[C@H](Cc1ccccc1)N(Cc1ccc(Cl)cc1)C(=O)CCc1ccc(CC)cc1. The standard InChI is InChI=1S/C29H33ClN2O2/c1-3-22-10-12-23(13-11-22)16-19-28(33)32(21-25-14-17-26(30)18-15-25)27(29(34)31-4-2)20-24-8-6-5-7-9-24/h5-15,17-18,27H,3-4,16,19-21H2,1-2H3,(H,31,34)/t27-/m0/s1. The van der Waals surface area contributed by atoms with Crippen LogP contribution in [0.5, 0.6) is 0 Å². The molecule has 1 atom stereocenters. The van der Waals surface area contributed by atoms with Gasteiger partial charge >= 0.3 is 0 Å². The first-order valence-corrected chi connectivity index (χ1v) is 12.3. The summed E-state index contributed by atoms with van der Waals surface area (Å²) in [6.45, 7) is 4.88. The van der Waals surface area contributed by atoms with E-state index in [-0.39, 0.29) is 11.8 Å². The summed E-state index contributed by atoms with van der Waals surface area (Å²) in [4.78, 5) is 28.5. The van der Waals surface area contributed by atoms with Crippen LogP contribution in [0.3, 0.4) is 0 Å².